The summed E-state index contributed by atoms with van der Waals surface area (Å²) in [5.74, 6) is 0.111. The molecule has 0 saturated heterocycles. The van der Waals surface area contributed by atoms with Crippen molar-refractivity contribution in [3.8, 4) is 0 Å². The number of rotatable bonds is 7. The number of halogens is 1. The Morgan fingerprint density at radius 1 is 0.897 bits per heavy atom. The highest BCUT2D eigenvalue weighted by Gasteiger charge is 2.17. The van der Waals surface area contributed by atoms with E-state index in [1.165, 1.54) is 18.7 Å². The molecule has 2 amide bonds. The largest absolute Gasteiger partial charge is 0.344 e. The van der Waals surface area contributed by atoms with Gasteiger partial charge in [-0.3, -0.25) is 9.59 Å². The lowest BCUT2D eigenvalue weighted by Gasteiger charge is -2.20. The Morgan fingerprint density at radius 2 is 1.52 bits per heavy atom. The molecule has 3 aromatic rings. The Morgan fingerprint density at radius 3 is 2.14 bits per heavy atom. The highest BCUT2D eigenvalue weighted by Crippen LogP contribution is 2.25. The summed E-state index contributed by atoms with van der Waals surface area (Å²) in [7, 11) is 0. The van der Waals surface area contributed by atoms with Crippen molar-refractivity contribution < 1.29 is 9.59 Å². The molecule has 0 fully saturated rings. The van der Waals surface area contributed by atoms with Gasteiger partial charge in [-0.15, -0.1) is 11.8 Å². The Hall–Kier alpha value is -2.76. The minimum absolute atomic E-state index is 0.0651. The molecule has 0 bridgehead atoms. The van der Waals surface area contributed by atoms with Crippen LogP contribution in [0.15, 0.2) is 83.8 Å². The fourth-order valence-electron chi connectivity index (χ4n) is 2.85. The van der Waals surface area contributed by atoms with E-state index < -0.39 is 0 Å². The zero-order valence-corrected chi connectivity index (χ0v) is 17.5. The van der Waals surface area contributed by atoms with Gasteiger partial charge in [0.1, 0.15) is 0 Å². The third-order valence-corrected chi connectivity index (χ3v) is 5.45. The third kappa shape index (κ3) is 6.38. The molecule has 0 radical (unpaired) electrons. The van der Waals surface area contributed by atoms with E-state index in [4.69, 9.17) is 11.6 Å². The Kier molecular flexibility index (Phi) is 7.33. The van der Waals surface area contributed by atoms with Crippen molar-refractivity contribution in [3.05, 3.63) is 95.0 Å². The van der Waals surface area contributed by atoms with Crippen LogP contribution in [0.5, 0.6) is 0 Å². The first-order chi connectivity index (χ1) is 14.0. The summed E-state index contributed by atoms with van der Waals surface area (Å²) in [6.07, 6.45) is 0. The van der Waals surface area contributed by atoms with Crippen molar-refractivity contribution in [3.63, 3.8) is 0 Å². The summed E-state index contributed by atoms with van der Waals surface area (Å²) in [6, 6.07) is 24.5. The van der Waals surface area contributed by atoms with E-state index >= 15 is 0 Å². The van der Waals surface area contributed by atoms with Gasteiger partial charge in [-0.05, 0) is 47.5 Å². The van der Waals surface area contributed by atoms with Crippen LogP contribution in [0.1, 0.15) is 24.1 Å². The first kappa shape index (κ1) is 21.0. The predicted molar refractivity (Wildman–Crippen MR) is 119 cm³/mol. The summed E-state index contributed by atoms with van der Waals surface area (Å²) < 4.78 is 0. The first-order valence-corrected chi connectivity index (χ1v) is 10.5. The van der Waals surface area contributed by atoms with Crippen molar-refractivity contribution in [1.29, 1.82) is 0 Å². The van der Waals surface area contributed by atoms with Gasteiger partial charge in [-0.1, -0.05) is 54.1 Å². The zero-order chi connectivity index (χ0) is 20.6. The molecule has 0 aliphatic rings. The van der Waals surface area contributed by atoms with Crippen molar-refractivity contribution in [2.24, 2.45) is 0 Å². The third-order valence-electron chi connectivity index (χ3n) is 4.19. The van der Waals surface area contributed by atoms with Crippen molar-refractivity contribution >= 4 is 40.9 Å². The Balaban J connectivity index is 1.65. The average Bonchev–Trinajstić information content (AvgIpc) is 2.72. The molecule has 29 heavy (non-hydrogen) atoms. The molecular weight excluding hydrogens is 404 g/mol. The molecular formula is C23H21ClN2O2S. The standard InChI is InChI=1S/C23H21ClN2O2S/c1-16(27)25-20-11-13-21(14-12-20)29-15-22(28)26-23(17-5-3-2-4-6-17)18-7-9-19(24)10-8-18/h2-14,23H,15H2,1H3,(H,25,27)(H,26,28). The molecule has 0 heterocycles. The van der Waals surface area contributed by atoms with Gasteiger partial charge in [-0.2, -0.15) is 0 Å². The van der Waals surface area contributed by atoms with Crippen LogP contribution in [0.2, 0.25) is 5.02 Å². The molecule has 2 N–H and O–H groups in total. The quantitative estimate of drug-likeness (QED) is 0.506. The van der Waals surface area contributed by atoms with Crippen LogP contribution in [0.3, 0.4) is 0 Å². The Labute approximate surface area is 179 Å². The number of hydrogen-bond donors (Lipinski definition) is 2. The van der Waals surface area contributed by atoms with Gasteiger partial charge in [0.05, 0.1) is 11.8 Å². The maximum Gasteiger partial charge on any atom is 0.231 e. The van der Waals surface area contributed by atoms with Crippen LogP contribution in [-0.4, -0.2) is 17.6 Å². The first-order valence-electron chi connectivity index (χ1n) is 9.11. The normalized spacial score (nSPS) is 11.5. The number of hydrogen-bond acceptors (Lipinski definition) is 3. The summed E-state index contributed by atoms with van der Waals surface area (Å²) in [5.41, 5.74) is 2.71. The number of anilines is 1. The summed E-state index contributed by atoms with van der Waals surface area (Å²) in [6.45, 7) is 1.47. The van der Waals surface area contributed by atoms with Crippen LogP contribution in [0, 0.1) is 0 Å². The van der Waals surface area contributed by atoms with Crippen LogP contribution in [0.25, 0.3) is 0 Å². The number of carbonyl (C=O) groups is 2. The van der Waals surface area contributed by atoms with E-state index in [-0.39, 0.29) is 23.6 Å². The van der Waals surface area contributed by atoms with Gasteiger partial charge in [0.2, 0.25) is 11.8 Å². The molecule has 0 aliphatic carbocycles. The molecule has 0 aliphatic heterocycles. The maximum absolute atomic E-state index is 12.6. The highest BCUT2D eigenvalue weighted by atomic mass is 35.5. The number of nitrogens with one attached hydrogen (secondary N) is 2. The fraction of sp³-hybridized carbons (Fsp3) is 0.130. The van der Waals surface area contributed by atoms with E-state index in [1.54, 1.807) is 0 Å². The molecule has 6 heteroatoms. The van der Waals surface area contributed by atoms with Crippen molar-refractivity contribution in [2.45, 2.75) is 17.9 Å². The molecule has 0 aromatic heterocycles. The summed E-state index contributed by atoms with van der Waals surface area (Å²) >= 11 is 7.46. The second-order valence-electron chi connectivity index (χ2n) is 6.46. The lowest BCUT2D eigenvalue weighted by Crippen LogP contribution is -2.30. The number of amides is 2. The summed E-state index contributed by atoms with van der Waals surface area (Å²) in [4.78, 5) is 24.7. The second kappa shape index (κ2) is 10.1. The van der Waals surface area contributed by atoms with Crippen LogP contribution in [0.4, 0.5) is 5.69 Å². The van der Waals surface area contributed by atoms with Crippen LogP contribution in [-0.2, 0) is 9.59 Å². The van der Waals surface area contributed by atoms with E-state index in [0.29, 0.717) is 5.02 Å². The van der Waals surface area contributed by atoms with E-state index in [2.05, 4.69) is 10.6 Å². The van der Waals surface area contributed by atoms with Crippen LogP contribution >= 0.6 is 23.4 Å². The van der Waals surface area contributed by atoms with E-state index in [9.17, 15) is 9.59 Å². The predicted octanol–water partition coefficient (Wildman–Crippen LogP) is 5.30. The van der Waals surface area contributed by atoms with Gasteiger partial charge < -0.3 is 10.6 Å². The number of carbonyl (C=O) groups excluding carboxylic acids is 2. The molecule has 3 rings (SSSR count). The molecule has 1 atom stereocenters. The minimum Gasteiger partial charge on any atom is -0.344 e. The fourth-order valence-corrected chi connectivity index (χ4v) is 3.68. The number of benzene rings is 3. The van der Waals surface area contributed by atoms with E-state index in [1.807, 2.05) is 78.9 Å². The topological polar surface area (TPSA) is 58.2 Å². The molecule has 4 nitrogen and oxygen atoms in total. The van der Waals surface area contributed by atoms with Crippen molar-refractivity contribution in [1.82, 2.24) is 5.32 Å². The SMILES string of the molecule is CC(=O)Nc1ccc(SCC(=O)NC(c2ccccc2)c2ccc(Cl)cc2)cc1. The monoisotopic (exact) mass is 424 g/mol. The van der Waals surface area contributed by atoms with Gasteiger partial charge in [-0.25, -0.2) is 0 Å². The second-order valence-corrected chi connectivity index (χ2v) is 7.94. The smallest absolute Gasteiger partial charge is 0.231 e. The number of thioether (sulfide) groups is 1. The van der Waals surface area contributed by atoms with Crippen LogP contribution < -0.4 is 10.6 Å². The minimum atomic E-state index is -0.247. The highest BCUT2D eigenvalue weighted by molar-refractivity contribution is 8.00. The molecule has 0 spiro atoms. The summed E-state index contributed by atoms with van der Waals surface area (Å²) in [5, 5.41) is 6.50. The lowest BCUT2D eigenvalue weighted by molar-refractivity contribution is -0.119. The lowest BCUT2D eigenvalue weighted by atomic mass is 9.99. The van der Waals surface area contributed by atoms with E-state index in [0.717, 1.165) is 21.7 Å². The Bertz CT molecular complexity index is 960. The maximum atomic E-state index is 12.6. The van der Waals surface area contributed by atoms with Gasteiger partial charge in [0.25, 0.3) is 0 Å². The van der Waals surface area contributed by atoms with Gasteiger partial charge in [0, 0.05) is 22.5 Å². The molecule has 3 aromatic carbocycles. The molecule has 0 saturated carbocycles. The van der Waals surface area contributed by atoms with Gasteiger partial charge >= 0.3 is 0 Å². The van der Waals surface area contributed by atoms with Gasteiger partial charge in [0.15, 0.2) is 0 Å². The van der Waals surface area contributed by atoms with Crippen molar-refractivity contribution in [2.75, 3.05) is 11.1 Å². The zero-order valence-electron chi connectivity index (χ0n) is 15.9. The molecule has 1 unspecified atom stereocenters. The average molecular weight is 425 g/mol. The molecule has 148 valence electrons.